The van der Waals surface area contributed by atoms with Crippen molar-refractivity contribution >= 4 is 17.2 Å². The van der Waals surface area contributed by atoms with Crippen molar-refractivity contribution in [3.8, 4) is 5.75 Å². The van der Waals surface area contributed by atoms with Gasteiger partial charge in [-0.1, -0.05) is 6.07 Å². The lowest BCUT2D eigenvalue weighted by atomic mass is 10.3. The molecule has 0 spiro atoms. The van der Waals surface area contributed by atoms with Gasteiger partial charge in [-0.05, 0) is 36.8 Å². The zero-order valence-corrected chi connectivity index (χ0v) is 15.0. The van der Waals surface area contributed by atoms with Gasteiger partial charge < -0.3 is 19.6 Å². The number of imidazole rings is 2. The van der Waals surface area contributed by atoms with Crippen molar-refractivity contribution in [3.63, 3.8) is 0 Å². The Morgan fingerprint density at radius 3 is 2.82 bits per heavy atom. The third-order valence-corrected chi connectivity index (χ3v) is 4.29. The number of hydrogen-bond acceptors (Lipinski definition) is 4. The number of H-pyrrole nitrogens is 1. The van der Waals surface area contributed by atoms with Crippen LogP contribution < -0.4 is 15.6 Å². The molecule has 0 fully saturated rings. The van der Waals surface area contributed by atoms with Crippen LogP contribution in [0.5, 0.6) is 5.75 Å². The minimum atomic E-state index is -0.367. The monoisotopic (exact) mass is 377 g/mol. The first kappa shape index (κ1) is 17.6. The molecule has 142 valence electrons. The van der Waals surface area contributed by atoms with Gasteiger partial charge in [0.2, 0.25) is 0 Å². The van der Waals surface area contributed by atoms with Crippen LogP contribution >= 0.6 is 0 Å². The maximum Gasteiger partial charge on any atom is 0.274 e. The first-order valence-electron chi connectivity index (χ1n) is 8.90. The van der Waals surface area contributed by atoms with E-state index in [1.807, 2.05) is 10.8 Å². The van der Waals surface area contributed by atoms with Gasteiger partial charge in [-0.15, -0.1) is 0 Å². The lowest BCUT2D eigenvalue weighted by Gasteiger charge is -2.08. The summed E-state index contributed by atoms with van der Waals surface area (Å²) in [7, 11) is 0. The fourth-order valence-electron chi connectivity index (χ4n) is 2.91. The van der Waals surface area contributed by atoms with Gasteiger partial charge in [0.25, 0.3) is 11.5 Å². The van der Waals surface area contributed by atoms with E-state index in [4.69, 9.17) is 4.74 Å². The zero-order valence-electron chi connectivity index (χ0n) is 15.0. The molecule has 1 aromatic carbocycles. The van der Waals surface area contributed by atoms with Crippen molar-refractivity contribution in [2.75, 3.05) is 11.9 Å². The van der Waals surface area contributed by atoms with Gasteiger partial charge in [0.05, 0.1) is 12.9 Å². The Bertz CT molecular complexity index is 1130. The molecule has 8 heteroatoms. The van der Waals surface area contributed by atoms with Crippen molar-refractivity contribution in [3.05, 3.63) is 83.4 Å². The highest BCUT2D eigenvalue weighted by Crippen LogP contribution is 2.17. The molecule has 2 N–H and O–H groups in total. The maximum absolute atomic E-state index is 12.5. The van der Waals surface area contributed by atoms with E-state index in [-0.39, 0.29) is 17.2 Å². The lowest BCUT2D eigenvalue weighted by Crippen LogP contribution is -2.20. The van der Waals surface area contributed by atoms with Crippen LogP contribution in [0.15, 0.2) is 72.2 Å². The maximum atomic E-state index is 12.5. The van der Waals surface area contributed by atoms with Crippen LogP contribution in [0.3, 0.4) is 0 Å². The summed E-state index contributed by atoms with van der Waals surface area (Å²) in [6, 6.07) is 11.9. The Morgan fingerprint density at radius 2 is 2.04 bits per heavy atom. The number of rotatable bonds is 7. The quantitative estimate of drug-likeness (QED) is 0.484. The first-order valence-corrected chi connectivity index (χ1v) is 8.90. The highest BCUT2D eigenvalue weighted by molar-refractivity contribution is 6.03. The molecule has 0 radical (unpaired) electrons. The smallest absolute Gasteiger partial charge is 0.274 e. The topological polar surface area (TPSA) is 93.4 Å². The summed E-state index contributed by atoms with van der Waals surface area (Å²) >= 11 is 0. The van der Waals surface area contributed by atoms with Crippen molar-refractivity contribution in [2.45, 2.75) is 13.0 Å². The number of nitrogens with one attached hydrogen (secondary N) is 2. The standard InChI is InChI=1S/C20H19N5O3/c26-19-4-1-3-18-22-13-17(25(18)19)20(27)23-15-5-7-16(8-6-15)28-12-2-10-24-11-9-21-14-24/h1,3-9,11,13-14,22H,2,10,12H2,(H,23,27). The van der Waals surface area contributed by atoms with Crippen molar-refractivity contribution < 1.29 is 9.53 Å². The van der Waals surface area contributed by atoms with E-state index in [1.54, 1.807) is 48.9 Å². The van der Waals surface area contributed by atoms with Crippen LogP contribution in [0.1, 0.15) is 16.9 Å². The number of aryl methyl sites for hydroxylation is 1. The average molecular weight is 377 g/mol. The summed E-state index contributed by atoms with van der Waals surface area (Å²) in [5.41, 5.74) is 1.18. The SMILES string of the molecule is O=C(Nc1ccc(OCCCn2ccnc2)cc1)c1c[nH]c2cccc(=O)n12. The third kappa shape index (κ3) is 3.80. The Labute approximate surface area is 160 Å². The average Bonchev–Trinajstić information content (AvgIpc) is 3.37. The Morgan fingerprint density at radius 1 is 1.18 bits per heavy atom. The molecule has 3 aromatic heterocycles. The molecule has 8 nitrogen and oxygen atoms in total. The molecular formula is C20H19N5O3. The molecule has 0 atom stereocenters. The van der Waals surface area contributed by atoms with E-state index in [1.165, 1.54) is 16.7 Å². The number of anilines is 1. The van der Waals surface area contributed by atoms with Gasteiger partial charge >= 0.3 is 0 Å². The predicted molar refractivity (Wildman–Crippen MR) is 105 cm³/mol. The number of pyridine rings is 1. The van der Waals surface area contributed by atoms with Crippen LogP contribution in [0.25, 0.3) is 5.65 Å². The third-order valence-electron chi connectivity index (χ3n) is 4.29. The molecule has 4 rings (SSSR count). The van der Waals surface area contributed by atoms with Crippen molar-refractivity contribution in [1.29, 1.82) is 0 Å². The number of benzene rings is 1. The van der Waals surface area contributed by atoms with Gasteiger partial charge in [0.15, 0.2) is 0 Å². The first-order chi connectivity index (χ1) is 13.7. The molecule has 4 aromatic rings. The second-order valence-corrected chi connectivity index (χ2v) is 6.24. The second kappa shape index (κ2) is 7.83. The Kier molecular flexibility index (Phi) is 4.92. The van der Waals surface area contributed by atoms with Crippen LogP contribution in [-0.2, 0) is 6.54 Å². The van der Waals surface area contributed by atoms with E-state index in [2.05, 4.69) is 15.3 Å². The summed E-state index contributed by atoms with van der Waals surface area (Å²) < 4.78 is 9.05. The van der Waals surface area contributed by atoms with E-state index in [0.29, 0.717) is 17.9 Å². The highest BCUT2D eigenvalue weighted by Gasteiger charge is 2.13. The molecule has 0 saturated heterocycles. The number of aromatic nitrogens is 4. The number of hydrogen-bond donors (Lipinski definition) is 2. The molecule has 1 amide bonds. The summed E-state index contributed by atoms with van der Waals surface area (Å²) in [6.07, 6.45) is 7.83. The number of ether oxygens (including phenoxy) is 1. The molecule has 0 saturated carbocycles. The molecular weight excluding hydrogens is 358 g/mol. The van der Waals surface area contributed by atoms with Gasteiger partial charge in [0.1, 0.15) is 17.1 Å². The number of amides is 1. The molecule has 0 aliphatic heterocycles. The van der Waals surface area contributed by atoms with Crippen LogP contribution in [0.4, 0.5) is 5.69 Å². The van der Waals surface area contributed by atoms with Crippen LogP contribution in [0.2, 0.25) is 0 Å². The summed E-state index contributed by atoms with van der Waals surface area (Å²) in [4.78, 5) is 31.4. The normalized spacial score (nSPS) is 10.9. The molecule has 0 aliphatic rings. The largest absolute Gasteiger partial charge is 0.494 e. The van der Waals surface area contributed by atoms with E-state index < -0.39 is 0 Å². The van der Waals surface area contributed by atoms with Crippen LogP contribution in [-0.4, -0.2) is 31.4 Å². The highest BCUT2D eigenvalue weighted by atomic mass is 16.5. The number of carbonyl (C=O) groups excluding carboxylic acids is 1. The van der Waals surface area contributed by atoms with Gasteiger partial charge in [-0.25, -0.2) is 4.98 Å². The number of aromatic amines is 1. The number of fused-ring (bicyclic) bond motifs is 1. The Hall–Kier alpha value is -3.81. The fraction of sp³-hybridized carbons (Fsp3) is 0.150. The minimum Gasteiger partial charge on any atom is -0.494 e. The molecule has 0 aliphatic carbocycles. The van der Waals surface area contributed by atoms with E-state index in [9.17, 15) is 9.59 Å². The lowest BCUT2D eigenvalue weighted by molar-refractivity contribution is 0.102. The van der Waals surface area contributed by atoms with E-state index >= 15 is 0 Å². The van der Waals surface area contributed by atoms with Gasteiger partial charge in [-0.2, -0.15) is 0 Å². The van der Waals surface area contributed by atoms with Crippen molar-refractivity contribution in [2.24, 2.45) is 0 Å². The summed E-state index contributed by atoms with van der Waals surface area (Å²) in [5, 5.41) is 2.79. The summed E-state index contributed by atoms with van der Waals surface area (Å²) in [5.74, 6) is 0.362. The number of carbonyl (C=O) groups is 1. The minimum absolute atomic E-state index is 0.250. The molecule has 0 bridgehead atoms. The second-order valence-electron chi connectivity index (χ2n) is 6.24. The molecule has 0 unspecified atom stereocenters. The van der Waals surface area contributed by atoms with Gasteiger partial charge in [-0.3, -0.25) is 14.0 Å². The van der Waals surface area contributed by atoms with E-state index in [0.717, 1.165) is 18.7 Å². The molecule has 3 heterocycles. The van der Waals surface area contributed by atoms with Crippen LogP contribution in [0, 0.1) is 0 Å². The fourth-order valence-corrected chi connectivity index (χ4v) is 2.91. The Balaban J connectivity index is 1.35. The van der Waals surface area contributed by atoms with Crippen molar-refractivity contribution in [1.82, 2.24) is 18.9 Å². The number of nitrogens with zero attached hydrogens (tertiary/aromatic N) is 3. The molecule has 28 heavy (non-hydrogen) atoms. The predicted octanol–water partition coefficient (Wildman–Crippen LogP) is 2.55. The van der Waals surface area contributed by atoms with Gasteiger partial charge in [0, 0.05) is 36.9 Å². The zero-order chi connectivity index (χ0) is 19.3. The summed E-state index contributed by atoms with van der Waals surface area (Å²) in [6.45, 7) is 1.43.